The highest BCUT2D eigenvalue weighted by molar-refractivity contribution is 7.80. The molecule has 3 aromatic rings. The smallest absolute Gasteiger partial charge is 0.262 e. The van der Waals surface area contributed by atoms with Gasteiger partial charge in [0.25, 0.3) is 5.91 Å². The first-order valence-electron chi connectivity index (χ1n) is 8.70. The van der Waals surface area contributed by atoms with Crippen LogP contribution in [0.3, 0.4) is 0 Å². The molecular formula is C21H19NO3S3. The average molecular weight is 430 g/mol. The van der Waals surface area contributed by atoms with Gasteiger partial charge in [-0.05, 0) is 32.0 Å². The first kappa shape index (κ1) is 19.1. The van der Waals surface area contributed by atoms with Crippen molar-refractivity contribution < 1.29 is 14.3 Å². The highest BCUT2D eigenvalue weighted by atomic mass is 32.9. The zero-order valence-electron chi connectivity index (χ0n) is 15.9. The van der Waals surface area contributed by atoms with Crippen LogP contribution in [-0.2, 0) is 5.54 Å². The summed E-state index contributed by atoms with van der Waals surface area (Å²) in [4.78, 5) is 16.7. The summed E-state index contributed by atoms with van der Waals surface area (Å²) in [6, 6.07) is 13.1. The third-order valence-electron chi connectivity index (χ3n) is 5.00. The molecule has 1 aromatic heterocycles. The largest absolute Gasteiger partial charge is 0.496 e. The van der Waals surface area contributed by atoms with Gasteiger partial charge in [-0.1, -0.05) is 57.2 Å². The molecule has 0 bridgehead atoms. The zero-order chi connectivity index (χ0) is 20.1. The quantitative estimate of drug-likeness (QED) is 0.371. The van der Waals surface area contributed by atoms with Crippen LogP contribution in [0.2, 0.25) is 0 Å². The maximum absolute atomic E-state index is 13.8. The summed E-state index contributed by atoms with van der Waals surface area (Å²) in [6.45, 7) is 4.10. The summed E-state index contributed by atoms with van der Waals surface area (Å²) in [5, 5.41) is 0. The Hall–Kier alpha value is -2.22. The average Bonchev–Trinajstić information content (AvgIpc) is 3.10. The fourth-order valence-electron chi connectivity index (χ4n) is 3.69. The van der Waals surface area contributed by atoms with Crippen LogP contribution in [0.25, 0.3) is 11.1 Å². The van der Waals surface area contributed by atoms with Crippen molar-refractivity contribution in [3.63, 3.8) is 0 Å². The Labute approximate surface area is 176 Å². The van der Waals surface area contributed by atoms with Crippen molar-refractivity contribution >= 4 is 44.5 Å². The highest BCUT2D eigenvalue weighted by Crippen LogP contribution is 2.55. The van der Waals surface area contributed by atoms with Crippen LogP contribution in [0.1, 0.15) is 29.1 Å². The molecule has 0 unspecified atom stereocenters. The summed E-state index contributed by atoms with van der Waals surface area (Å²) in [6.07, 6.45) is 0. The van der Waals surface area contributed by atoms with Crippen LogP contribution < -0.4 is 14.4 Å². The molecular weight excluding hydrogens is 410 g/mol. The number of fused-ring (bicyclic) bond motifs is 3. The molecule has 28 heavy (non-hydrogen) atoms. The summed E-state index contributed by atoms with van der Waals surface area (Å²) >= 11 is 5.63. The Bertz CT molecular complexity index is 1130. The monoisotopic (exact) mass is 429 g/mol. The maximum Gasteiger partial charge on any atom is 0.262 e. The van der Waals surface area contributed by atoms with E-state index in [0.717, 1.165) is 25.5 Å². The number of hydrogen-bond acceptors (Lipinski definition) is 6. The van der Waals surface area contributed by atoms with Crippen molar-refractivity contribution in [2.24, 2.45) is 0 Å². The Morgan fingerprint density at radius 3 is 2.39 bits per heavy atom. The lowest BCUT2D eigenvalue weighted by Crippen LogP contribution is -2.48. The van der Waals surface area contributed by atoms with Gasteiger partial charge in [0.05, 0.1) is 35.9 Å². The van der Waals surface area contributed by atoms with Crippen LogP contribution in [0.15, 0.2) is 42.5 Å². The normalized spacial score (nSPS) is 14.2. The molecule has 4 nitrogen and oxygen atoms in total. The van der Waals surface area contributed by atoms with E-state index in [-0.39, 0.29) is 5.91 Å². The molecule has 1 aliphatic rings. The molecule has 2 aromatic carbocycles. The number of methoxy groups -OCH3 is 2. The van der Waals surface area contributed by atoms with Crippen molar-refractivity contribution in [3.8, 4) is 22.6 Å². The predicted molar refractivity (Wildman–Crippen MR) is 118 cm³/mol. The van der Waals surface area contributed by atoms with E-state index in [1.54, 1.807) is 47.0 Å². The Morgan fingerprint density at radius 2 is 1.68 bits per heavy atom. The van der Waals surface area contributed by atoms with Gasteiger partial charge in [0, 0.05) is 11.1 Å². The predicted octanol–water partition coefficient (Wildman–Crippen LogP) is 6.12. The summed E-state index contributed by atoms with van der Waals surface area (Å²) in [7, 11) is 6.40. The zero-order valence-corrected chi connectivity index (χ0v) is 18.4. The molecule has 1 amide bonds. The van der Waals surface area contributed by atoms with E-state index in [1.807, 2.05) is 49.1 Å². The second-order valence-electron chi connectivity index (χ2n) is 6.91. The van der Waals surface area contributed by atoms with E-state index in [4.69, 9.17) is 21.7 Å². The van der Waals surface area contributed by atoms with Crippen LogP contribution in [0.5, 0.6) is 11.5 Å². The van der Waals surface area contributed by atoms with Gasteiger partial charge in [-0.3, -0.25) is 9.69 Å². The number of benzene rings is 2. The third kappa shape index (κ3) is 2.69. The molecule has 1 aliphatic heterocycles. The van der Waals surface area contributed by atoms with Crippen LogP contribution in [0, 0.1) is 3.82 Å². The lowest BCUT2D eigenvalue weighted by molar-refractivity contribution is 0.0957. The van der Waals surface area contributed by atoms with E-state index >= 15 is 0 Å². The van der Waals surface area contributed by atoms with Crippen molar-refractivity contribution in [1.82, 2.24) is 0 Å². The second-order valence-corrected chi connectivity index (χ2v) is 9.73. The van der Waals surface area contributed by atoms with Gasteiger partial charge in [-0.2, -0.15) is 0 Å². The Balaban J connectivity index is 2.03. The maximum atomic E-state index is 13.8. The topological polar surface area (TPSA) is 38.8 Å². The molecule has 0 saturated heterocycles. The van der Waals surface area contributed by atoms with E-state index in [0.29, 0.717) is 17.1 Å². The molecule has 7 heteroatoms. The standard InChI is InChI=1S/C21H19NO3S3/c1-21(2)18-16(20(26)28-27-18)13-9-7-11-15(25-4)17(13)22(21)19(23)12-8-5-6-10-14(12)24-3/h5-11H,1-4H3. The van der Waals surface area contributed by atoms with E-state index < -0.39 is 5.54 Å². The molecule has 2 heterocycles. The summed E-state index contributed by atoms with van der Waals surface area (Å²) < 4.78 is 12.0. The van der Waals surface area contributed by atoms with Gasteiger partial charge >= 0.3 is 0 Å². The number of carbonyl (C=O) groups is 1. The molecule has 0 aliphatic carbocycles. The highest BCUT2D eigenvalue weighted by Gasteiger charge is 2.45. The number of hydrogen-bond donors (Lipinski definition) is 0. The van der Waals surface area contributed by atoms with Crippen LogP contribution >= 0.6 is 32.9 Å². The fourth-order valence-corrected chi connectivity index (χ4v) is 6.97. The van der Waals surface area contributed by atoms with Gasteiger partial charge in [-0.15, -0.1) is 0 Å². The van der Waals surface area contributed by atoms with E-state index in [9.17, 15) is 4.79 Å². The van der Waals surface area contributed by atoms with Crippen LogP contribution in [0.4, 0.5) is 5.69 Å². The van der Waals surface area contributed by atoms with Crippen molar-refractivity contribution in [2.45, 2.75) is 19.4 Å². The molecule has 0 N–H and O–H groups in total. The number of anilines is 1. The number of para-hydroxylation sites is 2. The number of carbonyl (C=O) groups excluding carboxylic acids is 1. The molecule has 0 spiro atoms. The van der Waals surface area contributed by atoms with Gasteiger partial charge in [0.1, 0.15) is 15.3 Å². The van der Waals surface area contributed by atoms with Crippen molar-refractivity contribution in [1.29, 1.82) is 0 Å². The molecule has 0 radical (unpaired) electrons. The fraction of sp³-hybridized carbons (Fsp3) is 0.238. The van der Waals surface area contributed by atoms with E-state index in [1.165, 1.54) is 0 Å². The molecule has 0 atom stereocenters. The molecule has 4 rings (SSSR count). The lowest BCUT2D eigenvalue weighted by Gasteiger charge is -2.43. The first-order chi connectivity index (χ1) is 13.4. The number of ether oxygens (including phenoxy) is 2. The van der Waals surface area contributed by atoms with Crippen LogP contribution in [-0.4, -0.2) is 20.1 Å². The Morgan fingerprint density at radius 1 is 1.00 bits per heavy atom. The molecule has 0 saturated carbocycles. The van der Waals surface area contributed by atoms with Gasteiger partial charge in [-0.25, -0.2) is 0 Å². The molecule has 144 valence electrons. The minimum atomic E-state index is -0.590. The second kappa shape index (κ2) is 6.99. The van der Waals surface area contributed by atoms with Gasteiger partial charge in [0.15, 0.2) is 0 Å². The van der Waals surface area contributed by atoms with Crippen molar-refractivity contribution in [3.05, 3.63) is 56.7 Å². The Kier molecular flexibility index (Phi) is 4.77. The lowest BCUT2D eigenvalue weighted by atomic mass is 9.86. The SMILES string of the molecule is COc1ccccc1C(=O)N1c2c(OC)cccc2-c2c(ssc2=S)C1(C)C. The summed E-state index contributed by atoms with van der Waals surface area (Å²) in [5.74, 6) is 1.05. The summed E-state index contributed by atoms with van der Waals surface area (Å²) in [5.41, 5.74) is 2.63. The van der Waals surface area contributed by atoms with Gasteiger partial charge in [0.2, 0.25) is 0 Å². The minimum Gasteiger partial charge on any atom is -0.496 e. The number of nitrogens with zero attached hydrogens (tertiary/aromatic N) is 1. The van der Waals surface area contributed by atoms with Gasteiger partial charge < -0.3 is 9.47 Å². The minimum absolute atomic E-state index is 0.136. The van der Waals surface area contributed by atoms with Crippen molar-refractivity contribution in [2.75, 3.05) is 19.1 Å². The number of rotatable bonds is 3. The molecule has 0 fully saturated rings. The van der Waals surface area contributed by atoms with E-state index in [2.05, 4.69) is 0 Å². The first-order valence-corrected chi connectivity index (χ1v) is 11.3. The third-order valence-corrected chi connectivity index (χ3v) is 8.33. The number of amides is 1.